The van der Waals surface area contributed by atoms with Crippen LogP contribution < -0.4 is 0 Å². The molecule has 4 heteroatoms. The maximum absolute atomic E-state index is 6.17. The minimum Gasteiger partial charge on any atom is -0.454 e. The molecule has 0 fully saturated rings. The lowest BCUT2D eigenvalue weighted by molar-refractivity contribution is 0.634. The van der Waals surface area contributed by atoms with E-state index in [1.54, 1.807) is 6.20 Å². The van der Waals surface area contributed by atoms with E-state index < -0.39 is 0 Å². The number of aromatic nitrogens is 1. The van der Waals surface area contributed by atoms with Gasteiger partial charge < -0.3 is 4.42 Å². The normalized spacial score (nSPS) is 10.8. The molecule has 29 heavy (non-hydrogen) atoms. The Bertz CT molecular complexity index is 1440. The molecular weight excluding hydrogens is 401 g/mol. The van der Waals surface area contributed by atoms with E-state index in [0.717, 1.165) is 44.3 Å². The molecule has 0 amide bonds. The Morgan fingerprint density at radius 2 is 1.62 bits per heavy atom. The third-order valence-corrected chi connectivity index (χ3v) is 5.12. The summed E-state index contributed by atoms with van der Waals surface area (Å²) in [6, 6.07) is 23.1. The Kier molecular flexibility index (Phi) is 4.48. The van der Waals surface area contributed by atoms with Gasteiger partial charge in [-0.3, -0.25) is 4.98 Å². The number of rotatable bonds is 1. The summed E-state index contributed by atoms with van der Waals surface area (Å²) < 4.78 is 6.17. The van der Waals surface area contributed by atoms with E-state index in [9.17, 15) is 0 Å². The van der Waals surface area contributed by atoms with E-state index in [2.05, 4.69) is 16.8 Å². The number of benzene rings is 3. The van der Waals surface area contributed by atoms with Gasteiger partial charge in [-0.15, -0.1) is 0 Å². The molecule has 2 heterocycles. The smallest absolute Gasteiger partial charge is 0.161 e. The maximum atomic E-state index is 6.17. The minimum absolute atomic E-state index is 0.666. The summed E-state index contributed by atoms with van der Waals surface area (Å²) >= 11 is 12.2. The van der Waals surface area contributed by atoms with Crippen LogP contribution in [0.5, 0.6) is 0 Å². The number of nitrogens with zero attached hydrogens (tertiary/aromatic N) is 1. The topological polar surface area (TPSA) is 26.0 Å². The molecule has 138 valence electrons. The first-order valence-electron chi connectivity index (χ1n) is 9.02. The third-order valence-electron chi connectivity index (χ3n) is 4.65. The van der Waals surface area contributed by atoms with Gasteiger partial charge in [-0.25, -0.2) is 0 Å². The molecule has 2 nitrogen and oxygen atoms in total. The summed E-state index contributed by atoms with van der Waals surface area (Å²) in [5, 5.41) is 3.22. The van der Waals surface area contributed by atoms with Crippen LogP contribution in [0, 0.1) is 11.8 Å². The number of hydrogen-bond donors (Lipinski definition) is 0. The van der Waals surface area contributed by atoms with Gasteiger partial charge in [-0.05, 0) is 54.6 Å². The van der Waals surface area contributed by atoms with Crippen molar-refractivity contribution in [3.63, 3.8) is 0 Å². The number of furan rings is 1. The fourth-order valence-electron chi connectivity index (χ4n) is 3.33. The molecule has 5 aromatic rings. The highest BCUT2D eigenvalue weighted by Gasteiger charge is 2.13. The molecule has 0 atom stereocenters. The van der Waals surface area contributed by atoms with E-state index in [4.69, 9.17) is 27.6 Å². The van der Waals surface area contributed by atoms with Crippen LogP contribution in [0.25, 0.3) is 33.2 Å². The zero-order valence-electron chi connectivity index (χ0n) is 15.1. The number of hydrogen-bond acceptors (Lipinski definition) is 2. The van der Waals surface area contributed by atoms with Crippen LogP contribution in [0.1, 0.15) is 11.1 Å². The van der Waals surface area contributed by atoms with Crippen molar-refractivity contribution < 1.29 is 4.42 Å². The van der Waals surface area contributed by atoms with Crippen LogP contribution in [0.15, 0.2) is 83.4 Å². The maximum Gasteiger partial charge on any atom is 0.161 e. The Balaban J connectivity index is 1.71. The molecule has 0 bridgehead atoms. The third kappa shape index (κ3) is 3.47. The molecule has 0 radical (unpaired) electrons. The summed E-state index contributed by atoms with van der Waals surface area (Å²) in [6.07, 6.45) is 1.76. The molecule has 0 aliphatic rings. The number of fused-ring (bicyclic) bond motifs is 3. The van der Waals surface area contributed by atoms with Crippen molar-refractivity contribution in [1.29, 1.82) is 0 Å². The molecule has 5 rings (SSSR count). The fourth-order valence-corrected chi connectivity index (χ4v) is 3.71. The molecule has 0 unspecified atom stereocenters. The highest BCUT2D eigenvalue weighted by atomic mass is 35.5. The Morgan fingerprint density at radius 1 is 0.793 bits per heavy atom. The van der Waals surface area contributed by atoms with Crippen LogP contribution in [0.3, 0.4) is 0 Å². The zero-order valence-corrected chi connectivity index (χ0v) is 16.6. The van der Waals surface area contributed by atoms with Crippen molar-refractivity contribution >= 4 is 45.1 Å². The Morgan fingerprint density at radius 3 is 2.45 bits per heavy atom. The zero-order chi connectivity index (χ0) is 19.8. The fraction of sp³-hybridized carbons (Fsp3) is 0. The van der Waals surface area contributed by atoms with E-state index in [1.807, 2.05) is 72.8 Å². The lowest BCUT2D eigenvalue weighted by Crippen LogP contribution is -1.84. The molecule has 0 saturated heterocycles. The number of halogens is 2. The summed E-state index contributed by atoms with van der Waals surface area (Å²) in [4.78, 5) is 4.55. The standard InChI is InChI=1S/C25H13Cl2NO/c26-20-6-1-4-16(12-20)9-10-17-13-19-15-23(18-5-2-7-21(27)14-18)29-25(19)24-22(17)8-3-11-28-24/h1-8,11-15H. The van der Waals surface area contributed by atoms with Crippen LogP contribution in [0.4, 0.5) is 0 Å². The van der Waals surface area contributed by atoms with Crippen molar-refractivity contribution in [2.24, 2.45) is 0 Å². The van der Waals surface area contributed by atoms with Gasteiger partial charge in [0.15, 0.2) is 5.58 Å². The van der Waals surface area contributed by atoms with Gasteiger partial charge in [0.1, 0.15) is 11.3 Å². The van der Waals surface area contributed by atoms with Gasteiger partial charge in [0, 0.05) is 43.7 Å². The Labute approximate surface area is 177 Å². The second kappa shape index (κ2) is 7.29. The summed E-state index contributed by atoms with van der Waals surface area (Å²) in [5.41, 5.74) is 4.20. The van der Waals surface area contributed by atoms with Crippen molar-refractivity contribution in [2.45, 2.75) is 0 Å². The largest absolute Gasteiger partial charge is 0.454 e. The molecule has 0 N–H and O–H groups in total. The van der Waals surface area contributed by atoms with Crippen LogP contribution in [0.2, 0.25) is 10.0 Å². The van der Waals surface area contributed by atoms with E-state index >= 15 is 0 Å². The summed E-state index contributed by atoms with van der Waals surface area (Å²) in [6.45, 7) is 0. The van der Waals surface area contributed by atoms with Gasteiger partial charge in [0.2, 0.25) is 0 Å². The van der Waals surface area contributed by atoms with Gasteiger partial charge in [-0.2, -0.15) is 0 Å². The highest BCUT2D eigenvalue weighted by Crippen LogP contribution is 2.34. The molecular formula is C25H13Cl2NO. The highest BCUT2D eigenvalue weighted by molar-refractivity contribution is 6.31. The second-order valence-electron chi connectivity index (χ2n) is 6.62. The van der Waals surface area contributed by atoms with Gasteiger partial charge >= 0.3 is 0 Å². The average molecular weight is 414 g/mol. The molecule has 0 saturated carbocycles. The molecule has 0 spiro atoms. The predicted octanol–water partition coefficient (Wildman–Crippen LogP) is 7.35. The Hall–Kier alpha value is -3.25. The SMILES string of the molecule is Clc1cccc(C#Cc2cc3cc(-c4cccc(Cl)c4)oc3c3ncccc23)c1. The first-order valence-corrected chi connectivity index (χ1v) is 9.78. The lowest BCUT2D eigenvalue weighted by Gasteiger charge is -2.01. The van der Waals surface area contributed by atoms with E-state index in [0.29, 0.717) is 10.0 Å². The van der Waals surface area contributed by atoms with Gasteiger partial charge in [0.05, 0.1) is 0 Å². The van der Waals surface area contributed by atoms with Crippen molar-refractivity contribution in [1.82, 2.24) is 4.98 Å². The predicted molar refractivity (Wildman–Crippen MR) is 119 cm³/mol. The summed E-state index contributed by atoms with van der Waals surface area (Å²) in [7, 11) is 0. The number of pyridine rings is 1. The van der Waals surface area contributed by atoms with Crippen molar-refractivity contribution in [2.75, 3.05) is 0 Å². The molecule has 3 aromatic carbocycles. The van der Waals surface area contributed by atoms with Crippen LogP contribution in [-0.2, 0) is 0 Å². The first-order chi connectivity index (χ1) is 14.2. The lowest BCUT2D eigenvalue weighted by atomic mass is 10.0. The van der Waals surface area contributed by atoms with Gasteiger partial charge in [-0.1, -0.05) is 53.2 Å². The molecule has 2 aromatic heterocycles. The second-order valence-corrected chi connectivity index (χ2v) is 7.50. The average Bonchev–Trinajstić information content (AvgIpc) is 3.17. The summed E-state index contributed by atoms with van der Waals surface area (Å²) in [5.74, 6) is 7.21. The monoisotopic (exact) mass is 413 g/mol. The first kappa shape index (κ1) is 17.8. The quantitative estimate of drug-likeness (QED) is 0.268. The molecule has 0 aliphatic carbocycles. The van der Waals surface area contributed by atoms with Crippen LogP contribution in [-0.4, -0.2) is 4.98 Å². The van der Waals surface area contributed by atoms with Crippen molar-refractivity contribution in [3.05, 3.63) is 100 Å². The minimum atomic E-state index is 0.666. The van der Waals surface area contributed by atoms with E-state index in [-0.39, 0.29) is 0 Å². The van der Waals surface area contributed by atoms with Crippen molar-refractivity contribution in [3.8, 4) is 23.2 Å². The van der Waals surface area contributed by atoms with E-state index in [1.165, 1.54) is 0 Å². The van der Waals surface area contributed by atoms with Gasteiger partial charge in [0.25, 0.3) is 0 Å². The van der Waals surface area contributed by atoms with Crippen LogP contribution >= 0.6 is 23.2 Å². The molecule has 0 aliphatic heterocycles.